The van der Waals surface area contributed by atoms with Crippen molar-refractivity contribution in [2.45, 2.75) is 26.5 Å². The summed E-state index contributed by atoms with van der Waals surface area (Å²) in [7, 11) is 0. The van der Waals surface area contributed by atoms with Gasteiger partial charge in [-0.25, -0.2) is 10.2 Å². The van der Waals surface area contributed by atoms with E-state index in [0.717, 1.165) is 0 Å². The predicted molar refractivity (Wildman–Crippen MR) is 44.4 cm³/mol. The molecule has 0 saturated heterocycles. The van der Waals surface area contributed by atoms with Crippen LogP contribution in [0.2, 0.25) is 0 Å². The average Bonchev–Trinajstić information content (AvgIpc) is 2.32. The lowest BCUT2D eigenvalue weighted by atomic mass is 10.4. The monoisotopic (exact) mass is 187 g/mol. The Labute approximate surface area is 75.6 Å². The molecule has 0 fully saturated rings. The van der Waals surface area contributed by atoms with E-state index in [0.29, 0.717) is 5.82 Å². The molecule has 0 aromatic carbocycles. The first kappa shape index (κ1) is 10.1. The largest absolute Gasteiger partial charge is 0.594 e. The SMILES string of the molecule is Cc1ncc([NH+]([O-])O)n1CC(C)O. The Morgan fingerprint density at radius 2 is 2.38 bits per heavy atom. The molecule has 2 unspecified atom stereocenters. The van der Waals surface area contributed by atoms with Crippen molar-refractivity contribution in [1.29, 1.82) is 0 Å². The van der Waals surface area contributed by atoms with Gasteiger partial charge in [0.25, 0.3) is 5.82 Å². The van der Waals surface area contributed by atoms with Gasteiger partial charge in [0, 0.05) is 0 Å². The van der Waals surface area contributed by atoms with Gasteiger partial charge in [-0.3, -0.25) is 4.57 Å². The van der Waals surface area contributed by atoms with Gasteiger partial charge in [0.05, 0.1) is 12.6 Å². The molecule has 0 aliphatic carbocycles. The lowest BCUT2D eigenvalue weighted by Gasteiger charge is -2.15. The lowest BCUT2D eigenvalue weighted by molar-refractivity contribution is -0.994. The molecule has 6 heteroatoms. The van der Waals surface area contributed by atoms with Gasteiger partial charge < -0.3 is 10.3 Å². The molecular weight excluding hydrogens is 174 g/mol. The summed E-state index contributed by atoms with van der Waals surface area (Å²) in [6, 6.07) is 0. The van der Waals surface area contributed by atoms with Crippen molar-refractivity contribution >= 4 is 5.82 Å². The highest BCUT2D eigenvalue weighted by Gasteiger charge is 2.13. The average molecular weight is 187 g/mol. The standard InChI is InChI=1S/C7H13N3O3/c1-5(11)4-9-6(2)8-3-7(9)10(12)13/h3,5,10-12H,4H2,1-2H3. The van der Waals surface area contributed by atoms with Gasteiger partial charge in [-0.05, 0) is 13.8 Å². The quantitative estimate of drug-likeness (QED) is 0.528. The second-order valence-electron chi connectivity index (χ2n) is 2.96. The second kappa shape index (κ2) is 3.84. The molecule has 6 nitrogen and oxygen atoms in total. The maximum absolute atomic E-state index is 10.7. The summed E-state index contributed by atoms with van der Waals surface area (Å²) >= 11 is 0. The maximum atomic E-state index is 10.7. The number of nitrogens with one attached hydrogen (secondary N) is 1. The number of rotatable bonds is 3. The van der Waals surface area contributed by atoms with Crippen molar-refractivity contribution in [1.82, 2.24) is 9.55 Å². The van der Waals surface area contributed by atoms with Crippen LogP contribution in [0.1, 0.15) is 12.7 Å². The fraction of sp³-hybridized carbons (Fsp3) is 0.571. The number of imidazole rings is 1. The van der Waals surface area contributed by atoms with Crippen molar-refractivity contribution in [2.24, 2.45) is 0 Å². The van der Waals surface area contributed by atoms with Gasteiger partial charge in [-0.1, -0.05) is 0 Å². The van der Waals surface area contributed by atoms with Crippen LogP contribution < -0.4 is 5.23 Å². The predicted octanol–water partition coefficient (Wildman–Crippen LogP) is -1.02. The minimum absolute atomic E-state index is 0.110. The number of aliphatic hydroxyl groups excluding tert-OH is 1. The van der Waals surface area contributed by atoms with E-state index < -0.39 is 11.3 Å². The summed E-state index contributed by atoms with van der Waals surface area (Å²) in [5.41, 5.74) is 0. The minimum atomic E-state index is -1.03. The normalized spacial score (nSPS) is 15.8. The fourth-order valence-electron chi connectivity index (χ4n) is 1.13. The van der Waals surface area contributed by atoms with Gasteiger partial charge in [0.1, 0.15) is 12.0 Å². The number of hydrogen-bond acceptors (Lipinski definition) is 4. The van der Waals surface area contributed by atoms with Crippen molar-refractivity contribution in [3.05, 3.63) is 17.2 Å². The minimum Gasteiger partial charge on any atom is -0.594 e. The van der Waals surface area contributed by atoms with E-state index in [1.807, 2.05) is 0 Å². The third-order valence-electron chi connectivity index (χ3n) is 1.72. The molecule has 74 valence electrons. The van der Waals surface area contributed by atoms with Gasteiger partial charge in [0.15, 0.2) is 0 Å². The molecule has 0 spiro atoms. The third-order valence-corrected chi connectivity index (χ3v) is 1.72. The molecule has 3 N–H and O–H groups in total. The van der Waals surface area contributed by atoms with E-state index >= 15 is 0 Å². The maximum Gasteiger partial charge on any atom is 0.259 e. The van der Waals surface area contributed by atoms with Crippen LogP contribution in [0.15, 0.2) is 6.20 Å². The molecular formula is C7H13N3O3. The Kier molecular flexibility index (Phi) is 2.99. The third kappa shape index (κ3) is 2.25. The van der Waals surface area contributed by atoms with Gasteiger partial charge in [-0.2, -0.15) is 5.23 Å². The summed E-state index contributed by atoms with van der Waals surface area (Å²) in [6.07, 6.45) is 0.714. The second-order valence-corrected chi connectivity index (χ2v) is 2.96. The number of quaternary nitrogens is 1. The number of aromatic nitrogens is 2. The van der Waals surface area contributed by atoms with Crippen LogP contribution in [0.3, 0.4) is 0 Å². The zero-order chi connectivity index (χ0) is 10.0. The van der Waals surface area contributed by atoms with E-state index in [-0.39, 0.29) is 12.4 Å². The summed E-state index contributed by atoms with van der Waals surface area (Å²) in [6.45, 7) is 3.56. The molecule has 0 bridgehead atoms. The highest BCUT2D eigenvalue weighted by Crippen LogP contribution is 2.06. The molecule has 2 atom stereocenters. The number of nitrogens with zero attached hydrogens (tertiary/aromatic N) is 2. The molecule has 0 saturated carbocycles. The van der Waals surface area contributed by atoms with Crippen LogP contribution in [-0.4, -0.2) is 26.0 Å². The Morgan fingerprint density at radius 1 is 1.77 bits per heavy atom. The first-order valence-electron chi connectivity index (χ1n) is 3.96. The van der Waals surface area contributed by atoms with E-state index in [4.69, 9.17) is 10.3 Å². The Balaban J connectivity index is 2.94. The van der Waals surface area contributed by atoms with Gasteiger partial charge in [0.2, 0.25) is 0 Å². The number of hydrogen-bond donors (Lipinski definition) is 3. The van der Waals surface area contributed by atoms with E-state index in [1.54, 1.807) is 13.8 Å². The van der Waals surface area contributed by atoms with Crippen LogP contribution in [0.4, 0.5) is 5.82 Å². The molecule has 0 aliphatic heterocycles. The van der Waals surface area contributed by atoms with Crippen LogP contribution in [0, 0.1) is 12.1 Å². The molecule has 1 aromatic heterocycles. The Bertz CT molecular complexity index is 283. The zero-order valence-corrected chi connectivity index (χ0v) is 7.56. The van der Waals surface area contributed by atoms with Crippen molar-refractivity contribution in [2.75, 3.05) is 0 Å². The fourth-order valence-corrected chi connectivity index (χ4v) is 1.13. The summed E-state index contributed by atoms with van der Waals surface area (Å²) in [5.74, 6) is 0.705. The van der Waals surface area contributed by atoms with E-state index in [2.05, 4.69) is 4.98 Å². The number of aryl methyl sites for hydroxylation is 1. The van der Waals surface area contributed by atoms with Crippen LogP contribution >= 0.6 is 0 Å². The van der Waals surface area contributed by atoms with E-state index in [9.17, 15) is 5.21 Å². The Morgan fingerprint density at radius 3 is 2.85 bits per heavy atom. The number of aliphatic hydroxyl groups is 1. The first-order valence-corrected chi connectivity index (χ1v) is 3.96. The van der Waals surface area contributed by atoms with Crippen molar-refractivity contribution in [3.63, 3.8) is 0 Å². The van der Waals surface area contributed by atoms with Crippen LogP contribution in [0.5, 0.6) is 0 Å². The highest BCUT2D eigenvalue weighted by atomic mass is 16.8. The molecule has 0 aliphatic rings. The highest BCUT2D eigenvalue weighted by molar-refractivity contribution is 5.17. The van der Waals surface area contributed by atoms with Gasteiger partial charge in [-0.15, -0.1) is 0 Å². The molecule has 0 amide bonds. The lowest BCUT2D eigenvalue weighted by Crippen LogP contribution is -2.99. The Hall–Kier alpha value is -0.950. The smallest absolute Gasteiger partial charge is 0.259 e. The summed E-state index contributed by atoms with van der Waals surface area (Å²) in [4.78, 5) is 3.86. The van der Waals surface area contributed by atoms with E-state index in [1.165, 1.54) is 10.8 Å². The summed E-state index contributed by atoms with van der Waals surface area (Å²) in [5, 5.41) is 27.5. The van der Waals surface area contributed by atoms with Crippen molar-refractivity contribution in [3.8, 4) is 0 Å². The topological polar surface area (TPSA) is 85.8 Å². The summed E-state index contributed by atoms with van der Waals surface area (Å²) < 4.78 is 1.48. The molecule has 1 aromatic rings. The molecule has 1 rings (SSSR count). The molecule has 1 heterocycles. The molecule has 13 heavy (non-hydrogen) atoms. The van der Waals surface area contributed by atoms with Crippen LogP contribution in [-0.2, 0) is 6.54 Å². The zero-order valence-electron chi connectivity index (χ0n) is 7.56. The van der Waals surface area contributed by atoms with Gasteiger partial charge >= 0.3 is 0 Å². The van der Waals surface area contributed by atoms with Crippen LogP contribution in [0.25, 0.3) is 0 Å². The first-order chi connectivity index (χ1) is 6.02. The van der Waals surface area contributed by atoms with Crippen molar-refractivity contribution < 1.29 is 15.5 Å². The molecule has 0 radical (unpaired) electrons.